The quantitative estimate of drug-likeness (QED) is 0.346. The maximum atomic E-state index is 13.0. The van der Waals surface area contributed by atoms with E-state index < -0.39 is 16.7 Å². The number of rotatable bonds is 5. The van der Waals surface area contributed by atoms with Gasteiger partial charge in [0.1, 0.15) is 0 Å². The van der Waals surface area contributed by atoms with Crippen LogP contribution in [0, 0.1) is 10.1 Å². The predicted molar refractivity (Wildman–Crippen MR) is 119 cm³/mol. The van der Waals surface area contributed by atoms with Crippen LogP contribution >= 0.6 is 0 Å². The Morgan fingerprint density at radius 2 is 1.32 bits per heavy atom. The third-order valence-electron chi connectivity index (χ3n) is 4.77. The van der Waals surface area contributed by atoms with Gasteiger partial charge in [-0.3, -0.25) is 19.7 Å². The first-order valence-corrected chi connectivity index (χ1v) is 9.47. The molecular weight excluding hydrogens is 394 g/mol. The van der Waals surface area contributed by atoms with Gasteiger partial charge in [0.25, 0.3) is 17.5 Å². The average Bonchev–Trinajstić information content (AvgIpc) is 2.79. The second-order valence-electron chi connectivity index (χ2n) is 6.79. The summed E-state index contributed by atoms with van der Waals surface area (Å²) in [5.74, 6) is -0.967. The van der Waals surface area contributed by atoms with Gasteiger partial charge >= 0.3 is 0 Å². The molecule has 0 saturated heterocycles. The largest absolute Gasteiger partial charge is 0.322 e. The summed E-state index contributed by atoms with van der Waals surface area (Å²) in [4.78, 5) is 36.2. The highest BCUT2D eigenvalue weighted by molar-refractivity contribution is 6.16. The van der Waals surface area contributed by atoms with Crippen molar-refractivity contribution in [2.45, 2.75) is 0 Å². The number of nitrogens with zero attached hydrogens (tertiary/aromatic N) is 1. The van der Waals surface area contributed by atoms with E-state index in [9.17, 15) is 19.7 Å². The fraction of sp³-hybridized carbons (Fsp3) is 0. The van der Waals surface area contributed by atoms with Crippen molar-refractivity contribution in [3.05, 3.63) is 112 Å². The Labute approximate surface area is 177 Å². The van der Waals surface area contributed by atoms with Crippen molar-refractivity contribution in [3.8, 4) is 0 Å². The lowest BCUT2D eigenvalue weighted by Gasteiger charge is -2.12. The first-order valence-electron chi connectivity index (χ1n) is 9.47. The number of amides is 2. The molecule has 2 N–H and O–H groups in total. The molecule has 0 spiro atoms. The number of fused-ring (bicyclic) bond motifs is 1. The standard InChI is InChI=1S/C24H17N3O4/c28-23(25-17-9-6-10-18(15-17)27(30)31)20-12-3-4-13-21(20)24(29)26-22-14-5-8-16-7-1-2-11-19(16)22/h1-15H,(H,25,28)(H,26,29). The molecule has 4 aromatic rings. The highest BCUT2D eigenvalue weighted by atomic mass is 16.6. The summed E-state index contributed by atoms with van der Waals surface area (Å²) < 4.78 is 0. The summed E-state index contributed by atoms with van der Waals surface area (Å²) in [5.41, 5.74) is 1.12. The van der Waals surface area contributed by atoms with Crippen LogP contribution in [0.1, 0.15) is 20.7 Å². The van der Waals surface area contributed by atoms with Gasteiger partial charge in [-0.15, -0.1) is 0 Å². The van der Waals surface area contributed by atoms with E-state index in [1.54, 1.807) is 30.3 Å². The molecule has 4 rings (SSSR count). The van der Waals surface area contributed by atoms with Crippen LogP contribution in [0.15, 0.2) is 91.0 Å². The summed E-state index contributed by atoms with van der Waals surface area (Å²) in [5, 5.41) is 18.3. The highest BCUT2D eigenvalue weighted by Gasteiger charge is 2.18. The van der Waals surface area contributed by atoms with Crippen molar-refractivity contribution in [1.29, 1.82) is 0 Å². The van der Waals surface area contributed by atoms with Crippen LogP contribution in [-0.4, -0.2) is 16.7 Å². The third-order valence-corrected chi connectivity index (χ3v) is 4.77. The van der Waals surface area contributed by atoms with Crippen molar-refractivity contribution in [3.63, 3.8) is 0 Å². The third kappa shape index (κ3) is 4.25. The second-order valence-corrected chi connectivity index (χ2v) is 6.79. The minimum absolute atomic E-state index is 0.139. The molecule has 0 atom stereocenters. The van der Waals surface area contributed by atoms with E-state index in [0.29, 0.717) is 5.69 Å². The summed E-state index contributed by atoms with van der Waals surface area (Å²) in [6.45, 7) is 0. The van der Waals surface area contributed by atoms with Crippen molar-refractivity contribution in [2.75, 3.05) is 10.6 Å². The van der Waals surface area contributed by atoms with Gasteiger partial charge < -0.3 is 10.6 Å². The summed E-state index contributed by atoms with van der Waals surface area (Å²) in [7, 11) is 0. The van der Waals surface area contributed by atoms with Crippen LogP contribution in [0.3, 0.4) is 0 Å². The molecule has 0 fully saturated rings. The van der Waals surface area contributed by atoms with Gasteiger partial charge in [-0.1, -0.05) is 54.6 Å². The maximum Gasteiger partial charge on any atom is 0.271 e. The topological polar surface area (TPSA) is 101 Å². The van der Waals surface area contributed by atoms with E-state index in [-0.39, 0.29) is 22.5 Å². The summed E-state index contributed by atoms with van der Waals surface area (Å²) in [6.07, 6.45) is 0. The van der Waals surface area contributed by atoms with Gasteiger partial charge in [0, 0.05) is 28.9 Å². The lowest BCUT2D eigenvalue weighted by Crippen LogP contribution is -2.20. The van der Waals surface area contributed by atoms with E-state index in [4.69, 9.17) is 0 Å². The molecule has 0 aliphatic carbocycles. The number of nitro groups is 1. The first kappa shape index (κ1) is 19.8. The number of hydrogen-bond acceptors (Lipinski definition) is 4. The Balaban J connectivity index is 1.61. The summed E-state index contributed by atoms with van der Waals surface area (Å²) >= 11 is 0. The Morgan fingerprint density at radius 3 is 2.06 bits per heavy atom. The van der Waals surface area contributed by atoms with Gasteiger partial charge in [-0.25, -0.2) is 0 Å². The molecule has 31 heavy (non-hydrogen) atoms. The zero-order valence-corrected chi connectivity index (χ0v) is 16.2. The smallest absolute Gasteiger partial charge is 0.271 e. The molecule has 2 amide bonds. The normalized spacial score (nSPS) is 10.5. The van der Waals surface area contributed by atoms with E-state index in [0.717, 1.165) is 10.8 Å². The first-order chi connectivity index (χ1) is 15.0. The number of hydrogen-bond donors (Lipinski definition) is 2. The van der Waals surface area contributed by atoms with E-state index in [1.807, 2.05) is 36.4 Å². The number of non-ortho nitro benzene ring substituents is 1. The van der Waals surface area contributed by atoms with Gasteiger partial charge in [-0.2, -0.15) is 0 Å². The van der Waals surface area contributed by atoms with Crippen LogP contribution in [0.2, 0.25) is 0 Å². The van der Waals surface area contributed by atoms with E-state index >= 15 is 0 Å². The van der Waals surface area contributed by atoms with Crippen LogP contribution < -0.4 is 10.6 Å². The Hall–Kier alpha value is -4.52. The number of nitrogens with one attached hydrogen (secondary N) is 2. The number of carbonyl (C=O) groups excluding carboxylic acids is 2. The van der Waals surface area contributed by atoms with Crippen molar-refractivity contribution < 1.29 is 14.5 Å². The van der Waals surface area contributed by atoms with E-state index in [2.05, 4.69) is 10.6 Å². The molecule has 7 nitrogen and oxygen atoms in total. The predicted octanol–water partition coefficient (Wildman–Crippen LogP) is 5.25. The highest BCUT2D eigenvalue weighted by Crippen LogP contribution is 2.24. The molecule has 0 heterocycles. The molecule has 4 aromatic carbocycles. The Bertz CT molecular complexity index is 1310. The van der Waals surface area contributed by atoms with Crippen LogP contribution in [0.5, 0.6) is 0 Å². The SMILES string of the molecule is O=C(Nc1cccc([N+](=O)[O-])c1)c1ccccc1C(=O)Nc1cccc2ccccc12. The van der Waals surface area contributed by atoms with Crippen LogP contribution in [0.25, 0.3) is 10.8 Å². The minimum atomic E-state index is -0.540. The van der Waals surface area contributed by atoms with Gasteiger partial charge in [0.05, 0.1) is 16.1 Å². The maximum absolute atomic E-state index is 13.0. The molecule has 7 heteroatoms. The summed E-state index contributed by atoms with van der Waals surface area (Å²) in [6, 6.07) is 25.3. The van der Waals surface area contributed by atoms with Gasteiger partial charge in [0.15, 0.2) is 0 Å². The van der Waals surface area contributed by atoms with Crippen molar-refractivity contribution in [2.24, 2.45) is 0 Å². The molecular formula is C24H17N3O4. The molecule has 0 unspecified atom stereocenters. The number of benzene rings is 4. The van der Waals surface area contributed by atoms with Crippen LogP contribution in [0.4, 0.5) is 17.1 Å². The van der Waals surface area contributed by atoms with Gasteiger partial charge in [0.2, 0.25) is 0 Å². The fourth-order valence-corrected chi connectivity index (χ4v) is 3.30. The lowest BCUT2D eigenvalue weighted by atomic mass is 10.0. The zero-order chi connectivity index (χ0) is 21.8. The average molecular weight is 411 g/mol. The molecule has 0 aromatic heterocycles. The minimum Gasteiger partial charge on any atom is -0.322 e. The molecule has 0 saturated carbocycles. The monoisotopic (exact) mass is 411 g/mol. The number of carbonyl (C=O) groups is 2. The van der Waals surface area contributed by atoms with Gasteiger partial charge in [-0.05, 0) is 29.7 Å². The lowest BCUT2D eigenvalue weighted by molar-refractivity contribution is -0.384. The molecule has 0 aliphatic heterocycles. The molecule has 0 radical (unpaired) electrons. The number of anilines is 2. The molecule has 152 valence electrons. The van der Waals surface area contributed by atoms with E-state index in [1.165, 1.54) is 24.3 Å². The Kier molecular flexibility index (Phi) is 5.40. The Morgan fingerprint density at radius 1 is 0.710 bits per heavy atom. The number of nitro benzene ring substituents is 1. The zero-order valence-electron chi connectivity index (χ0n) is 16.2. The second kappa shape index (κ2) is 8.46. The van der Waals surface area contributed by atoms with Crippen molar-refractivity contribution in [1.82, 2.24) is 0 Å². The van der Waals surface area contributed by atoms with Crippen LogP contribution in [-0.2, 0) is 0 Å². The molecule has 0 aliphatic rings. The fourth-order valence-electron chi connectivity index (χ4n) is 3.30. The van der Waals surface area contributed by atoms with Crippen molar-refractivity contribution >= 4 is 39.6 Å². The molecule has 0 bridgehead atoms.